The van der Waals surface area contributed by atoms with Gasteiger partial charge in [-0.25, -0.2) is 0 Å². The molecule has 0 radical (unpaired) electrons. The Balaban J connectivity index is 1.83. The number of likely N-dealkylation sites (N-methyl/N-ethyl adjacent to an activating group) is 2. The Hall–Kier alpha value is -2.58. The van der Waals surface area contributed by atoms with Crippen molar-refractivity contribution in [2.24, 2.45) is 0 Å². The van der Waals surface area contributed by atoms with E-state index in [1.165, 1.54) is 0 Å². The van der Waals surface area contributed by atoms with Gasteiger partial charge in [0, 0.05) is 50.0 Å². The van der Waals surface area contributed by atoms with Gasteiger partial charge < -0.3 is 9.80 Å². The van der Waals surface area contributed by atoms with Gasteiger partial charge in [0.15, 0.2) is 11.6 Å². The fourth-order valence-corrected chi connectivity index (χ4v) is 2.84. The van der Waals surface area contributed by atoms with Gasteiger partial charge in [-0.2, -0.15) is 0 Å². The molecule has 2 heterocycles. The third-order valence-corrected chi connectivity index (χ3v) is 4.86. The summed E-state index contributed by atoms with van der Waals surface area (Å²) in [5, 5.41) is 0. The molecule has 2 rings (SSSR count). The number of Topliss-reactive ketones (excluding diaryl/α,β-unsaturated/α-hetero) is 2. The number of thiocarbonyl (C=S) groups is 2. The Morgan fingerprint density at radius 1 is 0.778 bits per heavy atom. The Kier molecular flexibility index (Phi) is 7.63. The first-order chi connectivity index (χ1) is 12.9. The highest BCUT2D eigenvalue weighted by atomic mass is 32.1. The Morgan fingerprint density at radius 3 is 1.44 bits per heavy atom. The van der Waals surface area contributed by atoms with Gasteiger partial charge in [0.05, 0.1) is 19.5 Å². The average molecular weight is 401 g/mol. The minimum atomic E-state index is -0.192. The van der Waals surface area contributed by atoms with Gasteiger partial charge in [0.2, 0.25) is 0 Å². The molecule has 0 unspecified atom stereocenters. The van der Waals surface area contributed by atoms with Gasteiger partial charge in [-0.05, 0) is 24.3 Å². The second-order valence-electron chi connectivity index (χ2n) is 6.05. The lowest BCUT2D eigenvalue weighted by Crippen LogP contribution is -2.35. The molecule has 0 aromatic carbocycles. The topological polar surface area (TPSA) is 66.4 Å². The molecule has 6 nitrogen and oxygen atoms in total. The summed E-state index contributed by atoms with van der Waals surface area (Å²) in [5.41, 5.74) is 1.62. The molecule has 0 spiro atoms. The van der Waals surface area contributed by atoms with Crippen LogP contribution in [0.3, 0.4) is 0 Å². The molecular weight excluding hydrogens is 380 g/mol. The number of nitrogens with zero attached hydrogens (tertiary/aromatic N) is 4. The van der Waals surface area contributed by atoms with Crippen molar-refractivity contribution in [2.75, 3.05) is 27.2 Å². The number of ketones is 2. The van der Waals surface area contributed by atoms with Crippen LogP contribution in [0.25, 0.3) is 0 Å². The predicted octanol–water partition coefficient (Wildman–Crippen LogP) is 1.92. The monoisotopic (exact) mass is 400 g/mol. The van der Waals surface area contributed by atoms with Gasteiger partial charge in [0.25, 0.3) is 0 Å². The summed E-state index contributed by atoms with van der Waals surface area (Å²) in [7, 11) is 3.46. The van der Waals surface area contributed by atoms with Crippen molar-refractivity contribution < 1.29 is 9.59 Å². The Bertz CT molecular complexity index is 759. The Morgan fingerprint density at radius 2 is 1.11 bits per heavy atom. The van der Waals surface area contributed by atoms with E-state index in [4.69, 9.17) is 24.4 Å². The largest absolute Gasteiger partial charge is 0.358 e. The van der Waals surface area contributed by atoms with Crippen molar-refractivity contribution in [3.63, 3.8) is 0 Å². The number of hydrogen-bond donors (Lipinski definition) is 0. The predicted molar refractivity (Wildman–Crippen MR) is 112 cm³/mol. The summed E-state index contributed by atoms with van der Waals surface area (Å²) in [5.74, 6) is -0.385. The van der Waals surface area contributed by atoms with Crippen LogP contribution >= 0.6 is 24.4 Å². The first-order valence-electron chi connectivity index (χ1n) is 8.23. The standard InChI is InChI=1S/C19H20N4O2S2/c1-22(18(26)14-3-7-20-8-4-14)12-16(24)11-17(25)13-23(2)19(27)15-5-9-21-10-6-15/h3-10H,11-13H2,1-2H3. The first-order valence-corrected chi connectivity index (χ1v) is 9.04. The zero-order valence-corrected chi connectivity index (χ0v) is 16.8. The average Bonchev–Trinajstić information content (AvgIpc) is 2.67. The van der Waals surface area contributed by atoms with Crippen LogP contribution in [0.2, 0.25) is 0 Å². The summed E-state index contributed by atoms with van der Waals surface area (Å²) in [6, 6.07) is 7.12. The minimum absolute atomic E-state index is 0.0748. The molecule has 140 valence electrons. The highest BCUT2D eigenvalue weighted by molar-refractivity contribution is 7.80. The maximum Gasteiger partial charge on any atom is 0.159 e. The van der Waals surface area contributed by atoms with Gasteiger partial charge in [-0.3, -0.25) is 19.6 Å². The van der Waals surface area contributed by atoms with Crippen molar-refractivity contribution in [2.45, 2.75) is 6.42 Å². The van der Waals surface area contributed by atoms with Crippen molar-refractivity contribution >= 4 is 46.0 Å². The van der Waals surface area contributed by atoms with Crippen LogP contribution in [-0.4, -0.2) is 68.5 Å². The number of hydrogen-bond acceptors (Lipinski definition) is 6. The molecule has 0 aliphatic heterocycles. The van der Waals surface area contributed by atoms with E-state index >= 15 is 0 Å². The SMILES string of the molecule is CN(CC(=O)CC(=O)CN(C)C(=S)c1ccncc1)C(=S)c1ccncc1. The van der Waals surface area contributed by atoms with Gasteiger partial charge in [-0.15, -0.1) is 0 Å². The molecule has 0 saturated heterocycles. The van der Waals surface area contributed by atoms with Crippen LogP contribution in [0.1, 0.15) is 17.5 Å². The second-order valence-corrected chi connectivity index (χ2v) is 6.82. The third kappa shape index (κ3) is 6.26. The lowest BCUT2D eigenvalue weighted by atomic mass is 10.1. The molecular formula is C19H20N4O2S2. The molecule has 2 aromatic heterocycles. The minimum Gasteiger partial charge on any atom is -0.358 e. The van der Waals surface area contributed by atoms with Crippen molar-refractivity contribution in [3.8, 4) is 0 Å². The zero-order valence-electron chi connectivity index (χ0n) is 15.2. The number of rotatable bonds is 8. The van der Waals surface area contributed by atoms with E-state index in [1.807, 2.05) is 0 Å². The van der Waals surface area contributed by atoms with E-state index in [9.17, 15) is 9.59 Å². The van der Waals surface area contributed by atoms with Crippen LogP contribution in [0, 0.1) is 0 Å². The summed E-state index contributed by atoms with van der Waals surface area (Å²) >= 11 is 10.7. The highest BCUT2D eigenvalue weighted by Gasteiger charge is 2.17. The quantitative estimate of drug-likeness (QED) is 0.492. The lowest BCUT2D eigenvalue weighted by Gasteiger charge is -2.21. The van der Waals surface area contributed by atoms with E-state index in [2.05, 4.69) is 9.97 Å². The Labute approximate surface area is 169 Å². The zero-order chi connectivity index (χ0) is 19.8. The molecule has 0 atom stereocenters. The molecule has 0 fully saturated rings. The van der Waals surface area contributed by atoms with E-state index in [1.54, 1.807) is 72.9 Å². The third-order valence-electron chi connectivity index (χ3n) is 3.77. The number of aromatic nitrogens is 2. The van der Waals surface area contributed by atoms with Crippen LogP contribution in [-0.2, 0) is 9.59 Å². The van der Waals surface area contributed by atoms with Crippen LogP contribution < -0.4 is 0 Å². The summed E-state index contributed by atoms with van der Waals surface area (Å²) in [6.07, 6.45) is 6.40. The maximum atomic E-state index is 12.2. The van der Waals surface area contributed by atoms with E-state index in [-0.39, 0.29) is 31.1 Å². The lowest BCUT2D eigenvalue weighted by molar-refractivity contribution is -0.127. The number of carbonyl (C=O) groups is 2. The first kappa shape index (κ1) is 20.7. The molecule has 0 aliphatic carbocycles. The fraction of sp³-hybridized carbons (Fsp3) is 0.263. The van der Waals surface area contributed by atoms with E-state index in [0.29, 0.717) is 9.98 Å². The normalized spacial score (nSPS) is 10.1. The number of carbonyl (C=O) groups excluding carboxylic acids is 2. The van der Waals surface area contributed by atoms with Crippen molar-refractivity contribution in [1.82, 2.24) is 19.8 Å². The summed E-state index contributed by atoms with van der Waals surface area (Å²) in [4.78, 5) is 36.7. The second kappa shape index (κ2) is 9.94. The molecule has 0 bridgehead atoms. The molecule has 0 saturated carbocycles. The van der Waals surface area contributed by atoms with Gasteiger partial charge in [0.1, 0.15) is 9.98 Å². The van der Waals surface area contributed by atoms with Crippen molar-refractivity contribution in [1.29, 1.82) is 0 Å². The maximum absolute atomic E-state index is 12.2. The molecule has 8 heteroatoms. The highest BCUT2D eigenvalue weighted by Crippen LogP contribution is 2.06. The van der Waals surface area contributed by atoms with Gasteiger partial charge >= 0.3 is 0 Å². The van der Waals surface area contributed by atoms with E-state index in [0.717, 1.165) is 11.1 Å². The smallest absolute Gasteiger partial charge is 0.159 e. The fourth-order valence-electron chi connectivity index (χ4n) is 2.43. The van der Waals surface area contributed by atoms with Crippen molar-refractivity contribution in [3.05, 3.63) is 60.2 Å². The van der Waals surface area contributed by atoms with Crippen LogP contribution in [0.4, 0.5) is 0 Å². The molecule has 0 amide bonds. The number of pyridine rings is 2. The van der Waals surface area contributed by atoms with Crippen LogP contribution in [0.5, 0.6) is 0 Å². The molecule has 0 aliphatic rings. The van der Waals surface area contributed by atoms with Crippen LogP contribution in [0.15, 0.2) is 49.1 Å². The molecule has 0 N–H and O–H groups in total. The summed E-state index contributed by atoms with van der Waals surface area (Å²) in [6.45, 7) is 0.150. The van der Waals surface area contributed by atoms with Gasteiger partial charge in [-0.1, -0.05) is 24.4 Å². The molecule has 27 heavy (non-hydrogen) atoms. The summed E-state index contributed by atoms with van der Waals surface area (Å²) < 4.78 is 0. The molecule has 2 aromatic rings. The van der Waals surface area contributed by atoms with E-state index < -0.39 is 0 Å².